The van der Waals surface area contributed by atoms with Crippen molar-refractivity contribution in [2.75, 3.05) is 0 Å². The Hall–Kier alpha value is -0.530. The molecule has 1 saturated carbocycles. The maximum Gasteiger partial charge on any atom is 0.0406 e. The maximum atomic E-state index is 5.99. The first-order chi connectivity index (χ1) is 9.03. The molecule has 1 fully saturated rings. The van der Waals surface area contributed by atoms with Gasteiger partial charge < -0.3 is 5.32 Å². The molecule has 106 valence electrons. The minimum Gasteiger partial charge on any atom is -0.307 e. The minimum atomic E-state index is 0.429. The summed E-state index contributed by atoms with van der Waals surface area (Å²) in [5, 5.41) is 4.72. The van der Waals surface area contributed by atoms with Crippen molar-refractivity contribution >= 4 is 11.6 Å². The van der Waals surface area contributed by atoms with Crippen LogP contribution in [0.5, 0.6) is 0 Å². The summed E-state index contributed by atoms with van der Waals surface area (Å²) in [5.41, 5.74) is 1.80. The zero-order valence-corrected chi connectivity index (χ0v) is 13.1. The average Bonchev–Trinajstić information content (AvgIpc) is 2.69. The van der Waals surface area contributed by atoms with Gasteiger partial charge in [-0.2, -0.15) is 0 Å². The highest BCUT2D eigenvalue weighted by atomic mass is 35.5. The predicted octanol–water partition coefficient (Wildman–Crippen LogP) is 5.35. The van der Waals surface area contributed by atoms with Crippen LogP contribution in [0.2, 0.25) is 5.02 Å². The van der Waals surface area contributed by atoms with E-state index >= 15 is 0 Å². The van der Waals surface area contributed by atoms with Crippen LogP contribution in [0.25, 0.3) is 0 Å². The van der Waals surface area contributed by atoms with E-state index in [0.29, 0.717) is 17.5 Å². The molecule has 1 aliphatic carbocycles. The SMILES string of the molecule is CCCC(NC1CCCC1(C)C)c1ccc(Cl)cc1. The van der Waals surface area contributed by atoms with Gasteiger partial charge >= 0.3 is 0 Å². The summed E-state index contributed by atoms with van der Waals surface area (Å²) < 4.78 is 0. The van der Waals surface area contributed by atoms with Crippen LogP contribution >= 0.6 is 11.6 Å². The molecule has 0 bridgehead atoms. The first-order valence-corrected chi connectivity index (χ1v) is 7.92. The summed E-state index contributed by atoms with van der Waals surface area (Å²) in [6.07, 6.45) is 6.39. The van der Waals surface area contributed by atoms with Gasteiger partial charge in [0.15, 0.2) is 0 Å². The number of rotatable bonds is 5. The van der Waals surface area contributed by atoms with E-state index in [2.05, 4.69) is 38.2 Å². The Kier molecular flexibility index (Phi) is 4.92. The molecule has 0 amide bonds. The largest absolute Gasteiger partial charge is 0.307 e. The van der Waals surface area contributed by atoms with E-state index in [1.807, 2.05) is 12.1 Å². The van der Waals surface area contributed by atoms with Crippen LogP contribution in [0.3, 0.4) is 0 Å². The van der Waals surface area contributed by atoms with E-state index < -0.39 is 0 Å². The van der Waals surface area contributed by atoms with Crippen molar-refractivity contribution < 1.29 is 0 Å². The van der Waals surface area contributed by atoms with Gasteiger partial charge in [0.2, 0.25) is 0 Å². The molecule has 0 spiro atoms. The second-order valence-corrected chi connectivity index (χ2v) is 6.93. The normalized spacial score (nSPS) is 23.5. The zero-order chi connectivity index (χ0) is 13.9. The van der Waals surface area contributed by atoms with Gasteiger partial charge in [-0.3, -0.25) is 0 Å². The Balaban J connectivity index is 2.10. The van der Waals surface area contributed by atoms with Crippen LogP contribution < -0.4 is 5.32 Å². The molecule has 2 atom stereocenters. The van der Waals surface area contributed by atoms with Gasteiger partial charge in [-0.25, -0.2) is 0 Å². The molecule has 1 nitrogen and oxygen atoms in total. The second kappa shape index (κ2) is 6.28. The fraction of sp³-hybridized carbons (Fsp3) is 0.647. The van der Waals surface area contributed by atoms with Crippen LogP contribution in [0.15, 0.2) is 24.3 Å². The van der Waals surface area contributed by atoms with Crippen LogP contribution in [0.1, 0.15) is 64.5 Å². The van der Waals surface area contributed by atoms with E-state index in [0.717, 1.165) is 5.02 Å². The molecule has 0 aromatic heterocycles. The maximum absolute atomic E-state index is 5.99. The Bertz CT molecular complexity index is 396. The summed E-state index contributed by atoms with van der Waals surface area (Å²) in [6.45, 7) is 7.04. The highest BCUT2D eigenvalue weighted by Gasteiger charge is 2.35. The lowest BCUT2D eigenvalue weighted by Gasteiger charge is -2.32. The lowest BCUT2D eigenvalue weighted by atomic mass is 9.86. The van der Waals surface area contributed by atoms with E-state index in [1.54, 1.807) is 0 Å². The number of hydrogen-bond donors (Lipinski definition) is 1. The molecule has 1 aromatic carbocycles. The van der Waals surface area contributed by atoms with Crippen molar-refractivity contribution in [1.82, 2.24) is 5.32 Å². The topological polar surface area (TPSA) is 12.0 Å². The number of halogens is 1. The molecule has 1 N–H and O–H groups in total. The third-order valence-corrected chi connectivity index (χ3v) is 4.76. The summed E-state index contributed by atoms with van der Waals surface area (Å²) in [7, 11) is 0. The van der Waals surface area contributed by atoms with E-state index in [-0.39, 0.29) is 0 Å². The zero-order valence-electron chi connectivity index (χ0n) is 12.4. The molecule has 2 rings (SSSR count). The first kappa shape index (κ1) is 14.9. The molecule has 1 aromatic rings. The fourth-order valence-corrected chi connectivity index (χ4v) is 3.33. The summed E-state index contributed by atoms with van der Waals surface area (Å²) in [5.74, 6) is 0. The van der Waals surface area contributed by atoms with Gasteiger partial charge in [-0.1, -0.05) is 57.3 Å². The molecule has 0 aliphatic heterocycles. The Morgan fingerprint density at radius 3 is 2.53 bits per heavy atom. The minimum absolute atomic E-state index is 0.429. The van der Waals surface area contributed by atoms with Gasteiger partial charge in [0.1, 0.15) is 0 Å². The quantitative estimate of drug-likeness (QED) is 0.766. The number of nitrogens with one attached hydrogen (secondary N) is 1. The van der Waals surface area contributed by atoms with Crippen molar-refractivity contribution in [3.8, 4) is 0 Å². The molecule has 0 saturated heterocycles. The third kappa shape index (κ3) is 3.73. The highest BCUT2D eigenvalue weighted by Crippen LogP contribution is 2.38. The second-order valence-electron chi connectivity index (χ2n) is 6.49. The van der Waals surface area contributed by atoms with Crippen molar-refractivity contribution in [3.63, 3.8) is 0 Å². The highest BCUT2D eigenvalue weighted by molar-refractivity contribution is 6.30. The average molecular weight is 280 g/mol. The van der Waals surface area contributed by atoms with E-state index in [4.69, 9.17) is 11.6 Å². The van der Waals surface area contributed by atoms with Gasteiger partial charge in [0, 0.05) is 17.1 Å². The third-order valence-electron chi connectivity index (χ3n) is 4.51. The molecule has 2 unspecified atom stereocenters. The Morgan fingerprint density at radius 2 is 2.00 bits per heavy atom. The molecule has 19 heavy (non-hydrogen) atoms. The summed E-state index contributed by atoms with van der Waals surface area (Å²) in [6, 6.07) is 9.43. The predicted molar refractivity (Wildman–Crippen MR) is 83.7 cm³/mol. The number of hydrogen-bond acceptors (Lipinski definition) is 1. The number of benzene rings is 1. The van der Waals surface area contributed by atoms with E-state index in [9.17, 15) is 0 Å². The van der Waals surface area contributed by atoms with Gasteiger partial charge in [0.05, 0.1) is 0 Å². The molecule has 1 aliphatic rings. The van der Waals surface area contributed by atoms with Crippen LogP contribution in [0.4, 0.5) is 0 Å². The fourth-order valence-electron chi connectivity index (χ4n) is 3.21. The Labute approximate surface area is 122 Å². The standard InChI is InChI=1S/C17H26ClN/c1-4-6-15(13-8-10-14(18)11-9-13)19-16-7-5-12-17(16,2)3/h8-11,15-16,19H,4-7,12H2,1-3H3. The lowest BCUT2D eigenvalue weighted by Crippen LogP contribution is -2.40. The van der Waals surface area contributed by atoms with Crippen LogP contribution in [-0.2, 0) is 0 Å². The molecule has 2 heteroatoms. The van der Waals surface area contributed by atoms with Gasteiger partial charge in [-0.15, -0.1) is 0 Å². The van der Waals surface area contributed by atoms with Crippen molar-refractivity contribution in [2.24, 2.45) is 5.41 Å². The monoisotopic (exact) mass is 279 g/mol. The van der Waals surface area contributed by atoms with Crippen molar-refractivity contribution in [2.45, 2.75) is 65.0 Å². The van der Waals surface area contributed by atoms with Crippen LogP contribution in [-0.4, -0.2) is 6.04 Å². The van der Waals surface area contributed by atoms with E-state index in [1.165, 1.54) is 37.7 Å². The lowest BCUT2D eigenvalue weighted by molar-refractivity contribution is 0.256. The van der Waals surface area contributed by atoms with Crippen molar-refractivity contribution in [3.05, 3.63) is 34.9 Å². The molecule has 0 radical (unpaired) electrons. The summed E-state index contributed by atoms with van der Waals surface area (Å²) >= 11 is 5.99. The van der Waals surface area contributed by atoms with Crippen LogP contribution in [0, 0.1) is 5.41 Å². The first-order valence-electron chi connectivity index (χ1n) is 7.54. The molecular formula is C17H26ClN. The van der Waals surface area contributed by atoms with Gasteiger partial charge in [-0.05, 0) is 42.4 Å². The summed E-state index contributed by atoms with van der Waals surface area (Å²) in [4.78, 5) is 0. The Morgan fingerprint density at radius 1 is 1.32 bits per heavy atom. The molecule has 0 heterocycles. The van der Waals surface area contributed by atoms with Gasteiger partial charge in [0.25, 0.3) is 0 Å². The smallest absolute Gasteiger partial charge is 0.0406 e. The molecular weight excluding hydrogens is 254 g/mol. The van der Waals surface area contributed by atoms with Crippen molar-refractivity contribution in [1.29, 1.82) is 0 Å².